The lowest BCUT2D eigenvalue weighted by molar-refractivity contribution is 0.0816. The molecule has 0 bridgehead atoms. The maximum Gasteiger partial charge on any atom is 0.254 e. The normalized spacial score (nSPS) is 15.6. The summed E-state index contributed by atoms with van der Waals surface area (Å²) in [6.07, 6.45) is 4.22. The molecule has 3 nitrogen and oxygen atoms in total. The van der Waals surface area contributed by atoms with E-state index in [1.54, 1.807) is 0 Å². The highest BCUT2D eigenvalue weighted by atomic mass is 19.1. The zero-order valence-corrected chi connectivity index (χ0v) is 12.2. The number of carbonyl (C=O) groups is 1. The van der Waals surface area contributed by atoms with Gasteiger partial charge in [-0.3, -0.25) is 4.79 Å². The first kappa shape index (κ1) is 15.5. The Morgan fingerprint density at radius 3 is 2.81 bits per heavy atom. The van der Waals surface area contributed by atoms with Gasteiger partial charge < -0.3 is 10.4 Å². The van der Waals surface area contributed by atoms with Crippen LogP contribution in [0.15, 0.2) is 18.2 Å². The molecule has 0 atom stereocenters. The number of hydrogen-bond donors (Lipinski definition) is 2. The molecule has 21 heavy (non-hydrogen) atoms. The molecule has 0 saturated heterocycles. The van der Waals surface area contributed by atoms with E-state index in [1.165, 1.54) is 18.2 Å². The SMILES string of the molecule is CCC1(NC(=O)c2cc(C#CCCO)ccc2F)CCC1. The van der Waals surface area contributed by atoms with Crippen LogP contribution in [0.4, 0.5) is 4.39 Å². The molecule has 1 aliphatic carbocycles. The van der Waals surface area contributed by atoms with Gasteiger partial charge in [0.15, 0.2) is 0 Å². The third kappa shape index (κ3) is 3.62. The van der Waals surface area contributed by atoms with Gasteiger partial charge >= 0.3 is 0 Å². The van der Waals surface area contributed by atoms with E-state index in [1.807, 2.05) is 6.92 Å². The van der Waals surface area contributed by atoms with E-state index >= 15 is 0 Å². The van der Waals surface area contributed by atoms with Gasteiger partial charge in [0.25, 0.3) is 5.91 Å². The van der Waals surface area contributed by atoms with Gasteiger partial charge in [-0.15, -0.1) is 0 Å². The molecule has 1 aromatic carbocycles. The van der Waals surface area contributed by atoms with E-state index in [0.29, 0.717) is 12.0 Å². The summed E-state index contributed by atoms with van der Waals surface area (Å²) in [4.78, 5) is 12.3. The molecular formula is C17H20FNO2. The molecular weight excluding hydrogens is 269 g/mol. The molecule has 1 amide bonds. The standard InChI is InChI=1S/C17H20FNO2/c1-2-17(9-5-10-17)19-16(21)14-12-13(6-3-4-11-20)7-8-15(14)18/h7-8,12,20H,2,4-5,9-11H2,1H3,(H,19,21). The summed E-state index contributed by atoms with van der Waals surface area (Å²) in [6.45, 7) is 2.02. The molecule has 0 heterocycles. The number of carbonyl (C=O) groups excluding carboxylic acids is 1. The van der Waals surface area contributed by atoms with Crippen molar-refractivity contribution >= 4 is 5.91 Å². The van der Waals surface area contributed by atoms with Crippen molar-refractivity contribution in [3.63, 3.8) is 0 Å². The largest absolute Gasteiger partial charge is 0.395 e. The Bertz CT molecular complexity index is 577. The smallest absolute Gasteiger partial charge is 0.254 e. The molecule has 2 rings (SSSR count). The van der Waals surface area contributed by atoms with E-state index in [-0.39, 0.29) is 23.6 Å². The van der Waals surface area contributed by atoms with E-state index in [0.717, 1.165) is 25.7 Å². The van der Waals surface area contributed by atoms with Gasteiger partial charge in [0.2, 0.25) is 0 Å². The van der Waals surface area contributed by atoms with E-state index < -0.39 is 5.82 Å². The topological polar surface area (TPSA) is 49.3 Å². The Morgan fingerprint density at radius 1 is 1.48 bits per heavy atom. The van der Waals surface area contributed by atoms with E-state index in [4.69, 9.17) is 5.11 Å². The van der Waals surface area contributed by atoms with Crippen molar-refractivity contribution < 1.29 is 14.3 Å². The van der Waals surface area contributed by atoms with Crippen LogP contribution in [0.3, 0.4) is 0 Å². The van der Waals surface area contributed by atoms with Crippen LogP contribution >= 0.6 is 0 Å². The van der Waals surface area contributed by atoms with Crippen LogP contribution < -0.4 is 5.32 Å². The van der Waals surface area contributed by atoms with Crippen molar-refractivity contribution in [1.82, 2.24) is 5.32 Å². The minimum Gasteiger partial charge on any atom is -0.395 e. The lowest BCUT2D eigenvalue weighted by atomic mass is 9.74. The molecule has 0 unspecified atom stereocenters. The number of aliphatic hydroxyl groups is 1. The van der Waals surface area contributed by atoms with Crippen LogP contribution in [0.5, 0.6) is 0 Å². The lowest BCUT2D eigenvalue weighted by Crippen LogP contribution is -2.53. The van der Waals surface area contributed by atoms with Crippen LogP contribution in [0.25, 0.3) is 0 Å². The van der Waals surface area contributed by atoms with Crippen LogP contribution in [0.1, 0.15) is 54.9 Å². The molecule has 1 aliphatic rings. The Morgan fingerprint density at radius 2 is 2.24 bits per heavy atom. The minimum absolute atomic E-state index is 0.0133. The highest BCUT2D eigenvalue weighted by Gasteiger charge is 2.36. The van der Waals surface area contributed by atoms with Crippen LogP contribution in [-0.2, 0) is 0 Å². The second-order valence-electron chi connectivity index (χ2n) is 5.41. The molecule has 1 saturated carbocycles. The van der Waals surface area contributed by atoms with Gasteiger partial charge in [-0.25, -0.2) is 4.39 Å². The van der Waals surface area contributed by atoms with Crippen LogP contribution in [0.2, 0.25) is 0 Å². The van der Waals surface area contributed by atoms with Gasteiger partial charge in [-0.05, 0) is 43.9 Å². The fourth-order valence-electron chi connectivity index (χ4n) is 2.48. The van der Waals surface area contributed by atoms with Crippen molar-refractivity contribution in [3.05, 3.63) is 35.1 Å². The lowest BCUT2D eigenvalue weighted by Gasteiger charge is -2.42. The van der Waals surface area contributed by atoms with Crippen molar-refractivity contribution in [2.75, 3.05) is 6.61 Å². The average Bonchev–Trinajstić information content (AvgIpc) is 2.44. The van der Waals surface area contributed by atoms with E-state index in [9.17, 15) is 9.18 Å². The maximum absolute atomic E-state index is 13.9. The number of amides is 1. The quantitative estimate of drug-likeness (QED) is 0.837. The van der Waals surface area contributed by atoms with Crippen LogP contribution in [0, 0.1) is 17.7 Å². The van der Waals surface area contributed by atoms with Gasteiger partial charge in [-0.2, -0.15) is 0 Å². The molecule has 1 aromatic rings. The van der Waals surface area contributed by atoms with Crippen molar-refractivity contribution in [2.24, 2.45) is 0 Å². The third-order valence-corrected chi connectivity index (χ3v) is 4.05. The molecule has 0 aromatic heterocycles. The number of halogens is 1. The molecule has 1 fully saturated rings. The summed E-state index contributed by atoms with van der Waals surface area (Å²) in [5, 5.41) is 11.7. The van der Waals surface area contributed by atoms with Gasteiger partial charge in [0.05, 0.1) is 12.2 Å². The first-order valence-electron chi connectivity index (χ1n) is 7.32. The zero-order valence-electron chi connectivity index (χ0n) is 12.2. The predicted octanol–water partition coefficient (Wildman–Crippen LogP) is 2.62. The highest BCUT2D eigenvalue weighted by Crippen LogP contribution is 2.34. The zero-order chi connectivity index (χ0) is 15.3. The third-order valence-electron chi connectivity index (χ3n) is 4.05. The Hall–Kier alpha value is -1.86. The molecule has 0 radical (unpaired) electrons. The summed E-state index contributed by atoms with van der Waals surface area (Å²) < 4.78 is 13.9. The van der Waals surface area contributed by atoms with E-state index in [2.05, 4.69) is 17.2 Å². The molecule has 0 spiro atoms. The predicted molar refractivity (Wildman–Crippen MR) is 79.3 cm³/mol. The number of benzene rings is 1. The summed E-state index contributed by atoms with van der Waals surface area (Å²) in [6, 6.07) is 4.27. The van der Waals surface area contributed by atoms with Crippen molar-refractivity contribution in [1.29, 1.82) is 0 Å². The Kier molecular flexibility index (Phi) is 4.98. The first-order valence-corrected chi connectivity index (χ1v) is 7.32. The maximum atomic E-state index is 13.9. The molecule has 2 N–H and O–H groups in total. The second kappa shape index (κ2) is 6.73. The Labute approximate surface area is 124 Å². The summed E-state index contributed by atoms with van der Waals surface area (Å²) in [5.74, 6) is 4.67. The fraction of sp³-hybridized carbons (Fsp3) is 0.471. The van der Waals surface area contributed by atoms with Crippen molar-refractivity contribution in [3.8, 4) is 11.8 Å². The van der Waals surface area contributed by atoms with Gasteiger partial charge in [0, 0.05) is 17.5 Å². The van der Waals surface area contributed by atoms with Gasteiger partial charge in [0.1, 0.15) is 5.82 Å². The Balaban J connectivity index is 2.16. The van der Waals surface area contributed by atoms with Crippen molar-refractivity contribution in [2.45, 2.75) is 44.6 Å². The molecule has 112 valence electrons. The number of nitrogens with one attached hydrogen (secondary N) is 1. The summed E-state index contributed by atoms with van der Waals surface area (Å²) in [7, 11) is 0. The highest BCUT2D eigenvalue weighted by molar-refractivity contribution is 5.95. The summed E-state index contributed by atoms with van der Waals surface area (Å²) >= 11 is 0. The second-order valence-corrected chi connectivity index (χ2v) is 5.41. The van der Waals surface area contributed by atoms with Crippen LogP contribution in [-0.4, -0.2) is 23.2 Å². The monoisotopic (exact) mass is 289 g/mol. The molecule has 4 heteroatoms. The first-order chi connectivity index (χ1) is 10.1. The fourth-order valence-corrected chi connectivity index (χ4v) is 2.48. The summed E-state index contributed by atoms with van der Waals surface area (Å²) in [5.41, 5.74) is 0.446. The number of hydrogen-bond acceptors (Lipinski definition) is 2. The minimum atomic E-state index is -0.536. The number of rotatable bonds is 4. The molecule has 0 aliphatic heterocycles. The number of aliphatic hydroxyl groups excluding tert-OH is 1. The average molecular weight is 289 g/mol. The van der Waals surface area contributed by atoms with Gasteiger partial charge in [-0.1, -0.05) is 18.8 Å².